The van der Waals surface area contributed by atoms with Crippen molar-refractivity contribution in [1.82, 2.24) is 9.80 Å². The van der Waals surface area contributed by atoms with Gasteiger partial charge in [-0.15, -0.1) is 0 Å². The molecule has 0 radical (unpaired) electrons. The lowest BCUT2D eigenvalue weighted by atomic mass is 9.98. The van der Waals surface area contributed by atoms with Crippen molar-refractivity contribution in [3.8, 4) is 6.07 Å². The van der Waals surface area contributed by atoms with Crippen LogP contribution in [-0.2, 0) is 0 Å². The van der Waals surface area contributed by atoms with E-state index < -0.39 is 0 Å². The number of nitrogens with zero attached hydrogens (tertiary/aromatic N) is 3. The molecule has 0 N–H and O–H groups in total. The van der Waals surface area contributed by atoms with Gasteiger partial charge in [-0.2, -0.15) is 5.26 Å². The van der Waals surface area contributed by atoms with Gasteiger partial charge < -0.3 is 4.90 Å². The molecule has 0 aliphatic carbocycles. The molecular weight excluding hydrogens is 210 g/mol. The third-order valence-corrected chi connectivity index (χ3v) is 4.38. The highest BCUT2D eigenvalue weighted by Crippen LogP contribution is 2.22. The molecule has 2 rings (SSSR count). The van der Waals surface area contributed by atoms with Crippen LogP contribution in [0, 0.1) is 11.3 Å². The van der Waals surface area contributed by atoms with Gasteiger partial charge in [0.15, 0.2) is 0 Å². The van der Waals surface area contributed by atoms with Crippen LogP contribution in [0.5, 0.6) is 0 Å². The van der Waals surface area contributed by atoms with Crippen LogP contribution < -0.4 is 0 Å². The topological polar surface area (TPSA) is 30.3 Å². The van der Waals surface area contributed by atoms with Crippen molar-refractivity contribution >= 4 is 0 Å². The first-order chi connectivity index (χ1) is 8.35. The molecule has 0 aromatic carbocycles. The number of likely N-dealkylation sites (tertiary alicyclic amines) is 2. The van der Waals surface area contributed by atoms with Crippen molar-refractivity contribution in [3.63, 3.8) is 0 Å². The molecule has 96 valence electrons. The number of hydrogen-bond donors (Lipinski definition) is 0. The van der Waals surface area contributed by atoms with Crippen molar-refractivity contribution in [2.45, 2.75) is 57.5 Å². The predicted molar refractivity (Wildman–Crippen MR) is 69.7 cm³/mol. The standard InChI is InChI=1S/C14H25N3/c1-2-13(12-15)17-10-6-14(7-11-17)16-8-4-3-5-9-16/h13-14H,2-11H2,1H3. The number of rotatable bonds is 3. The van der Waals surface area contributed by atoms with Gasteiger partial charge in [-0.1, -0.05) is 13.3 Å². The van der Waals surface area contributed by atoms with E-state index in [1.807, 2.05) is 0 Å². The van der Waals surface area contributed by atoms with Crippen molar-refractivity contribution in [3.05, 3.63) is 0 Å². The Hall–Kier alpha value is -0.590. The summed E-state index contributed by atoms with van der Waals surface area (Å²) in [6.45, 7) is 6.96. The average Bonchev–Trinajstić information content (AvgIpc) is 2.42. The van der Waals surface area contributed by atoms with E-state index in [9.17, 15) is 0 Å². The quantitative estimate of drug-likeness (QED) is 0.751. The molecule has 17 heavy (non-hydrogen) atoms. The molecule has 3 heteroatoms. The van der Waals surface area contributed by atoms with E-state index in [-0.39, 0.29) is 6.04 Å². The van der Waals surface area contributed by atoms with E-state index in [0.717, 1.165) is 25.6 Å². The third-order valence-electron chi connectivity index (χ3n) is 4.38. The normalized spacial score (nSPS) is 26.6. The highest BCUT2D eigenvalue weighted by Gasteiger charge is 2.27. The predicted octanol–water partition coefficient (Wildman–Crippen LogP) is 2.24. The van der Waals surface area contributed by atoms with E-state index in [1.165, 1.54) is 45.2 Å². The second-order valence-electron chi connectivity index (χ2n) is 5.42. The maximum Gasteiger partial charge on any atom is 0.0975 e. The molecular formula is C14H25N3. The van der Waals surface area contributed by atoms with Crippen LogP contribution in [0.25, 0.3) is 0 Å². The van der Waals surface area contributed by atoms with E-state index in [1.54, 1.807) is 0 Å². The molecule has 2 aliphatic heterocycles. The Morgan fingerprint density at radius 1 is 1.12 bits per heavy atom. The van der Waals surface area contributed by atoms with Gasteiger partial charge in [0.1, 0.15) is 0 Å². The molecule has 2 aliphatic rings. The van der Waals surface area contributed by atoms with Crippen molar-refractivity contribution in [2.75, 3.05) is 26.2 Å². The number of hydrogen-bond acceptors (Lipinski definition) is 3. The molecule has 1 atom stereocenters. The highest BCUT2D eigenvalue weighted by molar-refractivity contribution is 4.93. The zero-order valence-electron chi connectivity index (χ0n) is 11.1. The van der Waals surface area contributed by atoms with E-state index in [2.05, 4.69) is 22.8 Å². The Labute approximate surface area is 105 Å². The molecule has 1 unspecified atom stereocenters. The summed E-state index contributed by atoms with van der Waals surface area (Å²) in [4.78, 5) is 5.06. The summed E-state index contributed by atoms with van der Waals surface area (Å²) >= 11 is 0. The van der Waals surface area contributed by atoms with Crippen LogP contribution in [0.3, 0.4) is 0 Å². The Morgan fingerprint density at radius 2 is 1.76 bits per heavy atom. The minimum atomic E-state index is 0.150. The zero-order chi connectivity index (χ0) is 12.1. The first kappa shape index (κ1) is 12.9. The second-order valence-corrected chi connectivity index (χ2v) is 5.42. The minimum absolute atomic E-state index is 0.150. The van der Waals surface area contributed by atoms with Gasteiger partial charge in [-0.05, 0) is 45.2 Å². The summed E-state index contributed by atoms with van der Waals surface area (Å²) in [5, 5.41) is 9.09. The average molecular weight is 235 g/mol. The molecule has 0 bridgehead atoms. The molecule has 0 aromatic heterocycles. The summed E-state index contributed by atoms with van der Waals surface area (Å²) < 4.78 is 0. The summed E-state index contributed by atoms with van der Waals surface area (Å²) in [5.41, 5.74) is 0. The van der Waals surface area contributed by atoms with E-state index in [4.69, 9.17) is 5.26 Å². The Kier molecular flexibility index (Phi) is 4.82. The Bertz CT molecular complexity index is 257. The van der Waals surface area contributed by atoms with Gasteiger partial charge in [-0.25, -0.2) is 0 Å². The minimum Gasteiger partial charge on any atom is -0.300 e. The summed E-state index contributed by atoms with van der Waals surface area (Å²) in [7, 11) is 0. The van der Waals surface area contributed by atoms with Gasteiger partial charge in [0.2, 0.25) is 0 Å². The lowest BCUT2D eigenvalue weighted by molar-refractivity contribution is 0.0820. The maximum atomic E-state index is 9.09. The lowest BCUT2D eigenvalue weighted by Crippen LogP contribution is -2.48. The third kappa shape index (κ3) is 3.20. The summed E-state index contributed by atoms with van der Waals surface area (Å²) in [5.74, 6) is 0. The summed E-state index contributed by atoms with van der Waals surface area (Å²) in [6, 6.07) is 3.37. The fourth-order valence-electron chi connectivity index (χ4n) is 3.28. The fraction of sp³-hybridized carbons (Fsp3) is 0.929. The highest BCUT2D eigenvalue weighted by atomic mass is 15.2. The first-order valence-corrected chi connectivity index (χ1v) is 7.23. The molecule has 0 amide bonds. The maximum absolute atomic E-state index is 9.09. The SMILES string of the molecule is CCC(C#N)N1CCC(N2CCCCC2)CC1. The Morgan fingerprint density at radius 3 is 2.29 bits per heavy atom. The van der Waals surface area contributed by atoms with Gasteiger partial charge in [-0.3, -0.25) is 4.90 Å². The molecule has 2 saturated heterocycles. The lowest BCUT2D eigenvalue weighted by Gasteiger charge is -2.41. The van der Waals surface area contributed by atoms with Crippen molar-refractivity contribution in [2.24, 2.45) is 0 Å². The fourth-order valence-corrected chi connectivity index (χ4v) is 3.28. The Balaban J connectivity index is 1.79. The van der Waals surface area contributed by atoms with Crippen LogP contribution in [0.15, 0.2) is 0 Å². The molecule has 2 fully saturated rings. The summed E-state index contributed by atoms with van der Waals surface area (Å²) in [6.07, 6.45) is 7.68. The first-order valence-electron chi connectivity index (χ1n) is 7.23. The largest absolute Gasteiger partial charge is 0.300 e. The molecule has 0 saturated carbocycles. The monoisotopic (exact) mass is 235 g/mol. The number of nitriles is 1. The van der Waals surface area contributed by atoms with Crippen LogP contribution in [0.2, 0.25) is 0 Å². The molecule has 3 nitrogen and oxygen atoms in total. The number of piperidine rings is 2. The van der Waals surface area contributed by atoms with Crippen molar-refractivity contribution < 1.29 is 0 Å². The van der Waals surface area contributed by atoms with Crippen LogP contribution in [0.1, 0.15) is 45.4 Å². The van der Waals surface area contributed by atoms with E-state index >= 15 is 0 Å². The van der Waals surface area contributed by atoms with Gasteiger partial charge in [0.05, 0.1) is 12.1 Å². The zero-order valence-corrected chi connectivity index (χ0v) is 11.1. The van der Waals surface area contributed by atoms with Gasteiger partial charge in [0, 0.05) is 19.1 Å². The van der Waals surface area contributed by atoms with Crippen molar-refractivity contribution in [1.29, 1.82) is 5.26 Å². The van der Waals surface area contributed by atoms with Gasteiger partial charge >= 0.3 is 0 Å². The van der Waals surface area contributed by atoms with E-state index in [0.29, 0.717) is 0 Å². The van der Waals surface area contributed by atoms with Crippen LogP contribution in [-0.4, -0.2) is 48.1 Å². The molecule has 0 spiro atoms. The van der Waals surface area contributed by atoms with Crippen LogP contribution >= 0.6 is 0 Å². The molecule has 0 aromatic rings. The molecule has 2 heterocycles. The van der Waals surface area contributed by atoms with Gasteiger partial charge in [0.25, 0.3) is 0 Å². The van der Waals surface area contributed by atoms with Crippen LogP contribution in [0.4, 0.5) is 0 Å². The second kappa shape index (κ2) is 6.37. The smallest absolute Gasteiger partial charge is 0.0975 e.